The van der Waals surface area contributed by atoms with Crippen LogP contribution in [0.2, 0.25) is 0 Å². The van der Waals surface area contributed by atoms with Gasteiger partial charge in [0.2, 0.25) is 5.95 Å². The number of aryl methyl sites for hydroxylation is 1. The first kappa shape index (κ1) is 16.2. The summed E-state index contributed by atoms with van der Waals surface area (Å²) in [7, 11) is 0. The van der Waals surface area contributed by atoms with Crippen LogP contribution in [-0.2, 0) is 6.54 Å². The Morgan fingerprint density at radius 1 is 1.24 bits per heavy atom. The Kier molecular flexibility index (Phi) is 5.94. The van der Waals surface area contributed by atoms with Crippen molar-refractivity contribution in [3.05, 3.63) is 17.5 Å². The minimum atomic E-state index is 0.482. The van der Waals surface area contributed by atoms with E-state index >= 15 is 0 Å². The van der Waals surface area contributed by atoms with Gasteiger partial charge in [0.25, 0.3) is 0 Å². The second kappa shape index (κ2) is 7.71. The van der Waals surface area contributed by atoms with Crippen molar-refractivity contribution in [3.63, 3.8) is 0 Å². The summed E-state index contributed by atoms with van der Waals surface area (Å²) in [6.45, 7) is 15.0. The van der Waals surface area contributed by atoms with Gasteiger partial charge >= 0.3 is 0 Å². The van der Waals surface area contributed by atoms with Gasteiger partial charge in [-0.05, 0) is 19.9 Å². The molecule has 1 saturated heterocycles. The van der Waals surface area contributed by atoms with Crippen molar-refractivity contribution in [2.24, 2.45) is 0 Å². The molecule has 2 heterocycles. The largest absolute Gasteiger partial charge is 0.338 e. The molecule has 118 valence electrons. The Labute approximate surface area is 128 Å². The van der Waals surface area contributed by atoms with Crippen LogP contribution in [0.15, 0.2) is 6.20 Å². The third kappa shape index (κ3) is 4.64. The molecule has 0 amide bonds. The van der Waals surface area contributed by atoms with Crippen LogP contribution in [0.4, 0.5) is 5.95 Å². The molecule has 5 heteroatoms. The molecular formula is C16H29N5. The van der Waals surface area contributed by atoms with Crippen LogP contribution in [0.1, 0.15) is 38.4 Å². The zero-order chi connectivity index (χ0) is 15.2. The van der Waals surface area contributed by atoms with Crippen LogP contribution < -0.4 is 10.2 Å². The molecule has 1 aromatic rings. The Morgan fingerprint density at radius 2 is 1.95 bits per heavy atom. The molecule has 0 saturated carbocycles. The van der Waals surface area contributed by atoms with E-state index in [-0.39, 0.29) is 0 Å². The van der Waals surface area contributed by atoms with E-state index < -0.39 is 0 Å². The van der Waals surface area contributed by atoms with Gasteiger partial charge in [-0.15, -0.1) is 0 Å². The molecule has 0 atom stereocenters. The standard InChI is InChI=1S/C16H29N5/c1-5-6-20-7-9-21(10-8-20)16-18-12-15(14(4)19-16)11-17-13(2)3/h12-13,17H,5-11H2,1-4H3. The lowest BCUT2D eigenvalue weighted by Gasteiger charge is -2.34. The first-order chi connectivity index (χ1) is 10.1. The van der Waals surface area contributed by atoms with Gasteiger partial charge < -0.3 is 10.2 Å². The minimum Gasteiger partial charge on any atom is -0.338 e. The zero-order valence-electron chi connectivity index (χ0n) is 13.9. The number of anilines is 1. The summed E-state index contributed by atoms with van der Waals surface area (Å²) in [6, 6.07) is 0.482. The maximum Gasteiger partial charge on any atom is 0.225 e. The van der Waals surface area contributed by atoms with Gasteiger partial charge in [-0.3, -0.25) is 4.90 Å². The number of piperazine rings is 1. The summed E-state index contributed by atoms with van der Waals surface area (Å²) in [5.74, 6) is 0.886. The molecule has 1 aromatic heterocycles. The van der Waals surface area contributed by atoms with Crippen LogP contribution in [0.25, 0.3) is 0 Å². The summed E-state index contributed by atoms with van der Waals surface area (Å²) in [6.07, 6.45) is 3.21. The van der Waals surface area contributed by atoms with Crippen molar-refractivity contribution >= 4 is 5.95 Å². The van der Waals surface area contributed by atoms with E-state index in [1.54, 1.807) is 0 Å². The van der Waals surface area contributed by atoms with E-state index in [1.165, 1.54) is 18.5 Å². The van der Waals surface area contributed by atoms with Crippen molar-refractivity contribution in [3.8, 4) is 0 Å². The number of hydrogen-bond acceptors (Lipinski definition) is 5. The number of aromatic nitrogens is 2. The minimum absolute atomic E-state index is 0.482. The average Bonchev–Trinajstić information content (AvgIpc) is 2.47. The molecule has 1 aliphatic heterocycles. The summed E-state index contributed by atoms with van der Waals surface area (Å²) in [5, 5.41) is 3.42. The monoisotopic (exact) mass is 291 g/mol. The van der Waals surface area contributed by atoms with Crippen LogP contribution in [-0.4, -0.2) is 53.6 Å². The Balaban J connectivity index is 1.94. The van der Waals surface area contributed by atoms with Crippen LogP contribution in [0.3, 0.4) is 0 Å². The van der Waals surface area contributed by atoms with Gasteiger partial charge in [0, 0.05) is 56.2 Å². The molecule has 0 spiro atoms. The molecule has 0 radical (unpaired) electrons. The Morgan fingerprint density at radius 3 is 2.52 bits per heavy atom. The van der Waals surface area contributed by atoms with Crippen molar-refractivity contribution in [2.75, 3.05) is 37.6 Å². The van der Waals surface area contributed by atoms with Crippen molar-refractivity contribution in [1.82, 2.24) is 20.2 Å². The van der Waals surface area contributed by atoms with Gasteiger partial charge in [-0.1, -0.05) is 20.8 Å². The van der Waals surface area contributed by atoms with E-state index in [4.69, 9.17) is 4.98 Å². The van der Waals surface area contributed by atoms with Crippen LogP contribution in [0, 0.1) is 6.92 Å². The van der Waals surface area contributed by atoms with Crippen molar-refractivity contribution < 1.29 is 0 Å². The first-order valence-corrected chi connectivity index (χ1v) is 8.13. The average molecular weight is 291 g/mol. The Bertz CT molecular complexity index is 438. The second-order valence-electron chi connectivity index (χ2n) is 6.14. The van der Waals surface area contributed by atoms with Crippen molar-refractivity contribution in [1.29, 1.82) is 0 Å². The Hall–Kier alpha value is -1.20. The zero-order valence-corrected chi connectivity index (χ0v) is 13.9. The fourth-order valence-electron chi connectivity index (χ4n) is 2.61. The van der Waals surface area contributed by atoms with Gasteiger partial charge in [-0.25, -0.2) is 9.97 Å². The van der Waals surface area contributed by atoms with Gasteiger partial charge in [0.15, 0.2) is 0 Å². The maximum absolute atomic E-state index is 4.70. The normalized spacial score (nSPS) is 16.7. The third-order valence-electron chi connectivity index (χ3n) is 3.96. The maximum atomic E-state index is 4.70. The fourth-order valence-corrected chi connectivity index (χ4v) is 2.61. The second-order valence-corrected chi connectivity index (χ2v) is 6.14. The van der Waals surface area contributed by atoms with Gasteiger partial charge in [-0.2, -0.15) is 0 Å². The van der Waals surface area contributed by atoms with E-state index in [2.05, 4.69) is 47.8 Å². The number of nitrogens with one attached hydrogen (secondary N) is 1. The lowest BCUT2D eigenvalue weighted by atomic mass is 10.2. The molecule has 2 rings (SSSR count). The summed E-state index contributed by atoms with van der Waals surface area (Å²) >= 11 is 0. The van der Waals surface area contributed by atoms with Crippen molar-refractivity contribution in [2.45, 2.75) is 46.7 Å². The quantitative estimate of drug-likeness (QED) is 0.866. The highest BCUT2D eigenvalue weighted by Crippen LogP contribution is 2.14. The predicted octanol–water partition coefficient (Wildman–Crippen LogP) is 1.82. The van der Waals surface area contributed by atoms with Crippen LogP contribution >= 0.6 is 0 Å². The summed E-state index contributed by atoms with van der Waals surface area (Å²) < 4.78 is 0. The predicted molar refractivity (Wildman–Crippen MR) is 87.7 cm³/mol. The molecule has 0 bridgehead atoms. The highest BCUT2D eigenvalue weighted by Gasteiger charge is 2.18. The smallest absolute Gasteiger partial charge is 0.225 e. The molecule has 0 aliphatic carbocycles. The lowest BCUT2D eigenvalue weighted by molar-refractivity contribution is 0.257. The SMILES string of the molecule is CCCN1CCN(c2ncc(CNC(C)C)c(C)n2)CC1. The third-order valence-corrected chi connectivity index (χ3v) is 3.96. The summed E-state index contributed by atoms with van der Waals surface area (Å²) in [4.78, 5) is 14.1. The topological polar surface area (TPSA) is 44.3 Å². The van der Waals surface area contributed by atoms with E-state index in [0.29, 0.717) is 6.04 Å². The fraction of sp³-hybridized carbons (Fsp3) is 0.750. The molecule has 1 fully saturated rings. The van der Waals surface area contributed by atoms with Gasteiger partial charge in [0.05, 0.1) is 0 Å². The number of rotatable bonds is 6. The number of nitrogens with zero attached hydrogens (tertiary/aromatic N) is 4. The van der Waals surface area contributed by atoms with Crippen LogP contribution in [0.5, 0.6) is 0 Å². The van der Waals surface area contributed by atoms with E-state index in [0.717, 1.165) is 44.4 Å². The van der Waals surface area contributed by atoms with E-state index in [9.17, 15) is 0 Å². The van der Waals surface area contributed by atoms with Gasteiger partial charge in [0.1, 0.15) is 0 Å². The molecule has 21 heavy (non-hydrogen) atoms. The molecular weight excluding hydrogens is 262 g/mol. The molecule has 1 N–H and O–H groups in total. The highest BCUT2D eigenvalue weighted by atomic mass is 15.3. The molecule has 1 aliphatic rings. The van der Waals surface area contributed by atoms with E-state index in [1.807, 2.05) is 6.20 Å². The molecule has 0 aromatic carbocycles. The lowest BCUT2D eigenvalue weighted by Crippen LogP contribution is -2.47. The molecule has 0 unspecified atom stereocenters. The summed E-state index contributed by atoms with van der Waals surface area (Å²) in [5.41, 5.74) is 2.28. The highest BCUT2D eigenvalue weighted by molar-refractivity contribution is 5.33. The number of hydrogen-bond donors (Lipinski definition) is 1. The first-order valence-electron chi connectivity index (χ1n) is 8.13. The molecule has 5 nitrogen and oxygen atoms in total.